The number of likely N-dealkylation sites (tertiary alicyclic amines) is 1. The molecule has 1 saturated heterocycles. The first-order valence-electron chi connectivity index (χ1n) is 10.4. The quantitative estimate of drug-likeness (QED) is 0.754. The van der Waals surface area contributed by atoms with Gasteiger partial charge < -0.3 is 15.3 Å². The Morgan fingerprint density at radius 1 is 1.00 bits per heavy atom. The van der Waals surface area contributed by atoms with E-state index in [1.54, 1.807) is 0 Å². The van der Waals surface area contributed by atoms with E-state index in [9.17, 15) is 5.11 Å². The molecule has 0 aromatic rings. The normalized spacial score (nSPS) is 32.6. The zero-order valence-corrected chi connectivity index (χ0v) is 15.2. The third-order valence-corrected chi connectivity index (χ3v) is 6.68. The van der Waals surface area contributed by atoms with Crippen LogP contribution in [0.5, 0.6) is 0 Å². The molecule has 134 valence electrons. The molecule has 1 aliphatic heterocycles. The van der Waals surface area contributed by atoms with Gasteiger partial charge in [0, 0.05) is 25.7 Å². The molecule has 0 aromatic heterocycles. The van der Waals surface area contributed by atoms with E-state index >= 15 is 0 Å². The maximum Gasteiger partial charge on any atom is 0.0578 e. The second-order valence-corrected chi connectivity index (χ2v) is 8.60. The van der Waals surface area contributed by atoms with Gasteiger partial charge in [0.05, 0.1) is 6.10 Å². The van der Waals surface area contributed by atoms with Gasteiger partial charge in [-0.25, -0.2) is 0 Å². The molecule has 0 spiro atoms. The zero-order chi connectivity index (χ0) is 16.1. The molecule has 3 atom stereocenters. The van der Waals surface area contributed by atoms with Gasteiger partial charge in [0.25, 0.3) is 0 Å². The van der Waals surface area contributed by atoms with Gasteiger partial charge >= 0.3 is 0 Å². The zero-order valence-electron chi connectivity index (χ0n) is 15.2. The Hall–Kier alpha value is -0.120. The van der Waals surface area contributed by atoms with E-state index in [4.69, 9.17) is 0 Å². The van der Waals surface area contributed by atoms with Crippen LogP contribution in [0, 0.1) is 17.8 Å². The Balaban J connectivity index is 1.49. The highest BCUT2D eigenvalue weighted by Gasteiger charge is 2.32. The molecular weight excluding hydrogens is 284 g/mol. The minimum atomic E-state index is -0.113. The van der Waals surface area contributed by atoms with E-state index < -0.39 is 0 Å². The van der Waals surface area contributed by atoms with Gasteiger partial charge in [-0.1, -0.05) is 32.6 Å². The van der Waals surface area contributed by atoms with E-state index in [0.29, 0.717) is 12.0 Å². The average molecular weight is 323 g/mol. The third-order valence-electron chi connectivity index (χ3n) is 6.68. The molecule has 3 fully saturated rings. The van der Waals surface area contributed by atoms with E-state index in [0.717, 1.165) is 24.8 Å². The molecule has 3 rings (SSSR count). The molecule has 0 aromatic carbocycles. The molecule has 23 heavy (non-hydrogen) atoms. The fourth-order valence-electron chi connectivity index (χ4n) is 4.91. The Kier molecular flexibility index (Phi) is 6.79. The second kappa shape index (κ2) is 8.82. The summed E-state index contributed by atoms with van der Waals surface area (Å²) in [4.78, 5) is 2.66. The van der Waals surface area contributed by atoms with Crippen LogP contribution < -0.4 is 5.32 Å². The van der Waals surface area contributed by atoms with Crippen molar-refractivity contribution in [2.45, 2.75) is 83.3 Å². The van der Waals surface area contributed by atoms with Crippen molar-refractivity contribution in [3.8, 4) is 0 Å². The van der Waals surface area contributed by atoms with Crippen molar-refractivity contribution >= 4 is 0 Å². The van der Waals surface area contributed by atoms with Crippen LogP contribution in [0.1, 0.15) is 71.1 Å². The van der Waals surface area contributed by atoms with Crippen molar-refractivity contribution in [2.24, 2.45) is 17.8 Å². The fourth-order valence-corrected chi connectivity index (χ4v) is 4.91. The van der Waals surface area contributed by atoms with Crippen LogP contribution in [0.3, 0.4) is 0 Å². The summed E-state index contributed by atoms with van der Waals surface area (Å²) in [7, 11) is 0. The van der Waals surface area contributed by atoms with E-state index in [1.807, 2.05) is 0 Å². The Morgan fingerprint density at radius 2 is 1.74 bits per heavy atom. The number of aliphatic hydroxyl groups is 1. The minimum absolute atomic E-state index is 0.113. The number of piperidine rings is 1. The molecule has 3 heteroatoms. The lowest BCUT2D eigenvalue weighted by molar-refractivity contribution is 0.0239. The summed E-state index contributed by atoms with van der Waals surface area (Å²) in [5.41, 5.74) is 0. The highest BCUT2D eigenvalue weighted by molar-refractivity contribution is 4.88. The molecule has 3 unspecified atom stereocenters. The predicted octanol–water partition coefficient (Wildman–Crippen LogP) is 3.42. The van der Waals surface area contributed by atoms with Crippen molar-refractivity contribution in [3.63, 3.8) is 0 Å². The third kappa shape index (κ3) is 5.17. The number of nitrogens with one attached hydrogen (secondary N) is 1. The van der Waals surface area contributed by atoms with Crippen LogP contribution in [0.4, 0.5) is 0 Å². The van der Waals surface area contributed by atoms with Gasteiger partial charge in [-0.05, 0) is 62.8 Å². The highest BCUT2D eigenvalue weighted by Crippen LogP contribution is 2.30. The number of rotatable bonds is 7. The first-order chi connectivity index (χ1) is 11.2. The molecular formula is C20H38N2O. The summed E-state index contributed by atoms with van der Waals surface area (Å²) >= 11 is 0. The maximum absolute atomic E-state index is 10.4. The highest BCUT2D eigenvalue weighted by atomic mass is 16.3. The smallest absolute Gasteiger partial charge is 0.0578 e. The van der Waals surface area contributed by atoms with Crippen molar-refractivity contribution in [3.05, 3.63) is 0 Å². The molecule has 2 saturated carbocycles. The van der Waals surface area contributed by atoms with Crippen molar-refractivity contribution in [2.75, 3.05) is 26.2 Å². The standard InChI is InChI=1S/C20H38N2O/c1-2-20(23)18-11-19(21-12-16-7-4-3-5-8-16)15-22(14-18)13-17-9-6-10-17/h16-21,23H,2-15H2,1H3. The summed E-state index contributed by atoms with van der Waals surface area (Å²) < 4.78 is 0. The number of hydrogen-bond donors (Lipinski definition) is 2. The van der Waals surface area contributed by atoms with Crippen molar-refractivity contribution in [1.29, 1.82) is 0 Å². The number of aliphatic hydroxyl groups excluding tert-OH is 1. The fraction of sp³-hybridized carbons (Fsp3) is 1.00. The van der Waals surface area contributed by atoms with E-state index in [2.05, 4.69) is 17.1 Å². The topological polar surface area (TPSA) is 35.5 Å². The summed E-state index contributed by atoms with van der Waals surface area (Å²) in [6.45, 7) is 6.93. The Bertz CT molecular complexity index is 339. The predicted molar refractivity (Wildman–Crippen MR) is 96.6 cm³/mol. The summed E-state index contributed by atoms with van der Waals surface area (Å²) in [5, 5.41) is 14.3. The van der Waals surface area contributed by atoms with Crippen LogP contribution in [0.15, 0.2) is 0 Å². The second-order valence-electron chi connectivity index (χ2n) is 8.60. The minimum Gasteiger partial charge on any atom is -0.393 e. The lowest BCUT2D eigenvalue weighted by Crippen LogP contribution is -2.53. The van der Waals surface area contributed by atoms with Gasteiger partial charge in [-0.3, -0.25) is 0 Å². The summed E-state index contributed by atoms with van der Waals surface area (Å²) in [5.74, 6) is 2.31. The first-order valence-corrected chi connectivity index (χ1v) is 10.4. The molecule has 1 heterocycles. The summed E-state index contributed by atoms with van der Waals surface area (Å²) in [6, 6.07) is 0.594. The average Bonchev–Trinajstić information content (AvgIpc) is 2.56. The largest absolute Gasteiger partial charge is 0.393 e. The number of nitrogens with zero attached hydrogens (tertiary/aromatic N) is 1. The van der Waals surface area contributed by atoms with Crippen LogP contribution in [0.25, 0.3) is 0 Å². The number of hydrogen-bond acceptors (Lipinski definition) is 3. The molecule has 2 aliphatic carbocycles. The molecule has 0 bridgehead atoms. The first kappa shape index (κ1) is 17.7. The van der Waals surface area contributed by atoms with Gasteiger partial charge in [-0.2, -0.15) is 0 Å². The van der Waals surface area contributed by atoms with Gasteiger partial charge in [-0.15, -0.1) is 0 Å². The van der Waals surface area contributed by atoms with E-state index in [-0.39, 0.29) is 6.10 Å². The van der Waals surface area contributed by atoms with Crippen LogP contribution in [-0.2, 0) is 0 Å². The van der Waals surface area contributed by atoms with Gasteiger partial charge in [0.15, 0.2) is 0 Å². The van der Waals surface area contributed by atoms with Crippen molar-refractivity contribution < 1.29 is 5.11 Å². The van der Waals surface area contributed by atoms with Crippen LogP contribution in [-0.4, -0.2) is 48.3 Å². The Morgan fingerprint density at radius 3 is 2.39 bits per heavy atom. The molecule has 3 aliphatic rings. The lowest BCUT2D eigenvalue weighted by Gasteiger charge is -2.43. The Labute approximate surface area is 143 Å². The molecule has 0 radical (unpaired) electrons. The van der Waals surface area contributed by atoms with Gasteiger partial charge in [0.1, 0.15) is 0 Å². The van der Waals surface area contributed by atoms with Crippen LogP contribution >= 0.6 is 0 Å². The van der Waals surface area contributed by atoms with Crippen molar-refractivity contribution in [1.82, 2.24) is 10.2 Å². The van der Waals surface area contributed by atoms with E-state index in [1.165, 1.54) is 77.4 Å². The maximum atomic E-state index is 10.4. The molecule has 2 N–H and O–H groups in total. The summed E-state index contributed by atoms with van der Waals surface area (Å²) in [6.07, 6.45) is 13.4. The molecule has 3 nitrogen and oxygen atoms in total. The van der Waals surface area contributed by atoms with Crippen LogP contribution in [0.2, 0.25) is 0 Å². The molecule has 0 amide bonds. The van der Waals surface area contributed by atoms with Gasteiger partial charge in [0.2, 0.25) is 0 Å². The monoisotopic (exact) mass is 322 g/mol. The SMILES string of the molecule is CCC(O)C1CC(NCC2CCCCC2)CN(CC2CCC2)C1. The lowest BCUT2D eigenvalue weighted by atomic mass is 9.82.